The fourth-order valence-electron chi connectivity index (χ4n) is 3.16. The van der Waals surface area contributed by atoms with Gasteiger partial charge in [-0.25, -0.2) is 4.98 Å². The van der Waals surface area contributed by atoms with E-state index in [-0.39, 0.29) is 12.7 Å². The summed E-state index contributed by atoms with van der Waals surface area (Å²) in [6.07, 6.45) is -4.65. The predicted molar refractivity (Wildman–Crippen MR) is 89.9 cm³/mol. The number of piperazine rings is 1. The minimum atomic E-state index is -4.65. The number of benzene rings is 1. The molecule has 1 aromatic heterocycles. The lowest BCUT2D eigenvalue weighted by molar-refractivity contribution is -0.141. The van der Waals surface area contributed by atoms with Gasteiger partial charge in [-0.1, -0.05) is 6.07 Å². The number of aromatic nitrogens is 2. The first-order chi connectivity index (χ1) is 12.9. The Balaban J connectivity index is 1.40. The number of nitrogens with zero attached hydrogens (tertiary/aromatic N) is 3. The minimum Gasteiger partial charge on any atom is -0.454 e. The van der Waals surface area contributed by atoms with Crippen molar-refractivity contribution in [3.63, 3.8) is 0 Å². The number of rotatable bonds is 3. The Morgan fingerprint density at radius 3 is 2.56 bits per heavy atom. The molecule has 2 aliphatic heterocycles. The zero-order chi connectivity index (χ0) is 19.0. The molecule has 2 aromatic rings. The van der Waals surface area contributed by atoms with Crippen LogP contribution in [0.15, 0.2) is 29.1 Å². The van der Waals surface area contributed by atoms with E-state index in [4.69, 9.17) is 9.47 Å². The van der Waals surface area contributed by atoms with Gasteiger partial charge in [-0.15, -0.1) is 0 Å². The highest BCUT2D eigenvalue weighted by atomic mass is 19.4. The summed E-state index contributed by atoms with van der Waals surface area (Å²) < 4.78 is 49.2. The monoisotopic (exact) mass is 382 g/mol. The molecule has 10 heteroatoms. The second-order valence-corrected chi connectivity index (χ2v) is 6.40. The maximum absolute atomic E-state index is 12.9. The average Bonchev–Trinajstić information content (AvgIpc) is 3.09. The number of hydrogen-bond acceptors (Lipinski definition) is 6. The Kier molecular flexibility index (Phi) is 4.42. The summed E-state index contributed by atoms with van der Waals surface area (Å²) in [7, 11) is 0. The van der Waals surface area contributed by atoms with Gasteiger partial charge in [0.25, 0.3) is 5.56 Å². The molecule has 0 spiro atoms. The maximum Gasteiger partial charge on any atom is 0.433 e. The molecule has 7 nitrogen and oxygen atoms in total. The summed E-state index contributed by atoms with van der Waals surface area (Å²) in [6, 6.07) is 6.23. The summed E-state index contributed by atoms with van der Waals surface area (Å²) in [5.74, 6) is 1.40. The highest BCUT2D eigenvalue weighted by Crippen LogP contribution is 2.33. The topological polar surface area (TPSA) is 70.7 Å². The Hall–Kier alpha value is -2.75. The van der Waals surface area contributed by atoms with Gasteiger partial charge in [0.1, 0.15) is 0 Å². The molecule has 1 aromatic carbocycles. The summed E-state index contributed by atoms with van der Waals surface area (Å²) in [5.41, 5.74) is -0.919. The van der Waals surface area contributed by atoms with Crippen molar-refractivity contribution >= 4 is 5.95 Å². The molecule has 0 saturated carbocycles. The molecule has 27 heavy (non-hydrogen) atoms. The van der Waals surface area contributed by atoms with Crippen molar-refractivity contribution in [3.05, 3.63) is 45.9 Å². The number of ether oxygens (including phenoxy) is 2. The molecule has 0 unspecified atom stereocenters. The molecule has 0 atom stereocenters. The van der Waals surface area contributed by atoms with Gasteiger partial charge < -0.3 is 14.4 Å². The van der Waals surface area contributed by atoms with Crippen LogP contribution in [0, 0.1) is 0 Å². The van der Waals surface area contributed by atoms with E-state index < -0.39 is 17.4 Å². The van der Waals surface area contributed by atoms with Crippen molar-refractivity contribution in [1.29, 1.82) is 0 Å². The van der Waals surface area contributed by atoms with Crippen LogP contribution in [0.1, 0.15) is 11.3 Å². The van der Waals surface area contributed by atoms with Crippen LogP contribution >= 0.6 is 0 Å². The highest BCUT2D eigenvalue weighted by Gasteiger charge is 2.34. The normalized spacial score (nSPS) is 17.4. The van der Waals surface area contributed by atoms with Gasteiger partial charge in [-0.2, -0.15) is 13.2 Å². The van der Waals surface area contributed by atoms with Crippen LogP contribution < -0.4 is 19.9 Å². The van der Waals surface area contributed by atoms with Gasteiger partial charge in [0.05, 0.1) is 0 Å². The molecule has 1 N–H and O–H groups in total. The number of alkyl halides is 3. The largest absolute Gasteiger partial charge is 0.454 e. The van der Waals surface area contributed by atoms with Crippen LogP contribution in [0.5, 0.6) is 11.5 Å². The smallest absolute Gasteiger partial charge is 0.433 e. The Morgan fingerprint density at radius 2 is 1.81 bits per heavy atom. The van der Waals surface area contributed by atoms with Crippen molar-refractivity contribution in [3.8, 4) is 11.5 Å². The first-order valence-electron chi connectivity index (χ1n) is 8.43. The zero-order valence-electron chi connectivity index (χ0n) is 14.3. The van der Waals surface area contributed by atoms with Gasteiger partial charge >= 0.3 is 6.18 Å². The van der Waals surface area contributed by atoms with Crippen LogP contribution in [-0.2, 0) is 12.7 Å². The number of anilines is 1. The van der Waals surface area contributed by atoms with Crippen LogP contribution in [0.3, 0.4) is 0 Å². The summed E-state index contributed by atoms with van der Waals surface area (Å²) >= 11 is 0. The number of hydrogen-bond donors (Lipinski definition) is 1. The van der Waals surface area contributed by atoms with Gasteiger partial charge in [0.2, 0.25) is 12.7 Å². The van der Waals surface area contributed by atoms with Crippen molar-refractivity contribution < 1.29 is 22.6 Å². The second-order valence-electron chi connectivity index (χ2n) is 6.40. The molecule has 3 heterocycles. The highest BCUT2D eigenvalue weighted by molar-refractivity contribution is 5.44. The fourth-order valence-corrected chi connectivity index (χ4v) is 3.16. The van der Waals surface area contributed by atoms with Crippen molar-refractivity contribution in [1.82, 2.24) is 14.9 Å². The van der Waals surface area contributed by atoms with Crippen LogP contribution in [0.4, 0.5) is 19.1 Å². The lowest BCUT2D eigenvalue weighted by atomic mass is 10.1. The van der Waals surface area contributed by atoms with E-state index in [1.54, 1.807) is 4.90 Å². The maximum atomic E-state index is 12.9. The van der Waals surface area contributed by atoms with E-state index in [1.165, 1.54) is 0 Å². The van der Waals surface area contributed by atoms with Crippen LogP contribution in [0.2, 0.25) is 0 Å². The van der Waals surface area contributed by atoms with E-state index in [9.17, 15) is 18.0 Å². The van der Waals surface area contributed by atoms with Gasteiger partial charge in [-0.05, 0) is 17.7 Å². The van der Waals surface area contributed by atoms with E-state index in [0.717, 1.165) is 17.1 Å². The zero-order valence-corrected chi connectivity index (χ0v) is 14.3. The molecule has 1 fully saturated rings. The van der Waals surface area contributed by atoms with E-state index >= 15 is 0 Å². The summed E-state index contributed by atoms with van der Waals surface area (Å²) in [6.45, 7) is 3.11. The quantitative estimate of drug-likeness (QED) is 0.874. The molecule has 144 valence electrons. The van der Waals surface area contributed by atoms with Crippen molar-refractivity contribution in [2.24, 2.45) is 0 Å². The summed E-state index contributed by atoms with van der Waals surface area (Å²) in [5, 5.41) is 0. The summed E-state index contributed by atoms with van der Waals surface area (Å²) in [4.78, 5) is 21.3. The Bertz CT molecular complexity index is 892. The third-order valence-electron chi connectivity index (χ3n) is 4.53. The first-order valence-corrected chi connectivity index (χ1v) is 8.43. The third kappa shape index (κ3) is 3.85. The molecule has 0 bridgehead atoms. The lowest BCUT2D eigenvalue weighted by Gasteiger charge is -2.35. The molecular weight excluding hydrogens is 365 g/mol. The van der Waals surface area contributed by atoms with Crippen LogP contribution in [-0.4, -0.2) is 47.8 Å². The SMILES string of the molecule is O=c1cc(C(F)(F)F)nc(N2CCN(Cc3ccc4c(c3)OCO4)CC2)[nH]1. The lowest BCUT2D eigenvalue weighted by Crippen LogP contribution is -2.47. The fraction of sp³-hybridized carbons (Fsp3) is 0.412. The number of aromatic amines is 1. The number of halogens is 3. The number of H-pyrrole nitrogens is 1. The second kappa shape index (κ2) is 6.76. The van der Waals surface area contributed by atoms with E-state index in [0.29, 0.717) is 38.8 Å². The molecular formula is C17H17F3N4O3. The molecule has 2 aliphatic rings. The third-order valence-corrected chi connectivity index (χ3v) is 4.53. The van der Waals surface area contributed by atoms with Crippen molar-refractivity contribution in [2.75, 3.05) is 37.9 Å². The van der Waals surface area contributed by atoms with Gasteiger partial charge in [-0.3, -0.25) is 14.7 Å². The number of nitrogens with one attached hydrogen (secondary N) is 1. The first kappa shape index (κ1) is 17.7. The van der Waals surface area contributed by atoms with Gasteiger partial charge in [0.15, 0.2) is 17.2 Å². The Labute approximate surface area is 152 Å². The molecule has 1 saturated heterocycles. The number of fused-ring (bicyclic) bond motifs is 1. The molecule has 0 radical (unpaired) electrons. The standard InChI is InChI=1S/C17H17F3N4O3/c18-17(19,20)14-8-15(25)22-16(21-14)24-5-3-23(4-6-24)9-11-1-2-12-13(7-11)27-10-26-12/h1-2,7-8H,3-6,9-10H2,(H,21,22,25). The van der Waals surface area contributed by atoms with Gasteiger partial charge in [0, 0.05) is 38.8 Å². The van der Waals surface area contributed by atoms with Crippen molar-refractivity contribution in [2.45, 2.75) is 12.7 Å². The average molecular weight is 382 g/mol. The van der Waals surface area contributed by atoms with E-state index in [1.807, 2.05) is 18.2 Å². The van der Waals surface area contributed by atoms with Crippen LogP contribution in [0.25, 0.3) is 0 Å². The molecule has 4 rings (SSSR count). The predicted octanol–water partition coefficient (Wildman–Crippen LogP) is 1.84. The van der Waals surface area contributed by atoms with E-state index in [2.05, 4.69) is 14.9 Å². The Morgan fingerprint density at radius 1 is 1.07 bits per heavy atom. The molecule has 0 amide bonds. The molecule has 0 aliphatic carbocycles. The minimum absolute atomic E-state index is 0.0439.